The van der Waals surface area contributed by atoms with Crippen LogP contribution in [0, 0.1) is 12.8 Å². The van der Waals surface area contributed by atoms with Crippen molar-refractivity contribution in [3.63, 3.8) is 0 Å². The summed E-state index contributed by atoms with van der Waals surface area (Å²) in [5.41, 5.74) is 6.06. The van der Waals surface area contributed by atoms with Crippen LogP contribution in [0.5, 0.6) is 5.75 Å². The van der Waals surface area contributed by atoms with Gasteiger partial charge in [0.2, 0.25) is 0 Å². The highest BCUT2D eigenvalue weighted by Crippen LogP contribution is 2.42. The van der Waals surface area contributed by atoms with E-state index in [1.54, 1.807) is 5.56 Å². The summed E-state index contributed by atoms with van der Waals surface area (Å²) in [6.45, 7) is 4.64. The first-order chi connectivity index (χ1) is 10.2. The Morgan fingerprint density at radius 2 is 1.81 bits per heavy atom. The fourth-order valence-electron chi connectivity index (χ4n) is 4.02. The lowest BCUT2D eigenvalue weighted by atomic mass is 9.82. The van der Waals surface area contributed by atoms with Gasteiger partial charge in [-0.05, 0) is 109 Å². The third-order valence-electron chi connectivity index (χ3n) is 5.27. The number of halogens is 1. The number of methoxy groups -OCH3 is 1. The van der Waals surface area contributed by atoms with E-state index < -0.39 is 0 Å². The normalized spacial score (nSPS) is 19.4. The number of ether oxygens (including phenoxy) is 1. The lowest BCUT2D eigenvalue weighted by Crippen LogP contribution is -2.29. The molecule has 0 bridgehead atoms. The fourth-order valence-corrected chi connectivity index (χ4v) is 4.86. The van der Waals surface area contributed by atoms with Crippen molar-refractivity contribution in [2.24, 2.45) is 5.92 Å². The maximum atomic E-state index is 5.80. The Morgan fingerprint density at radius 3 is 2.48 bits per heavy atom. The molecule has 1 N–H and O–H groups in total. The molecule has 1 fully saturated rings. The number of nitrogens with one attached hydrogen (secondary N) is 1. The number of piperidine rings is 1. The van der Waals surface area contributed by atoms with E-state index >= 15 is 0 Å². The van der Waals surface area contributed by atoms with E-state index in [4.69, 9.17) is 4.74 Å². The summed E-state index contributed by atoms with van der Waals surface area (Å²) in [7, 11) is 1.82. The van der Waals surface area contributed by atoms with Gasteiger partial charge in [-0.15, -0.1) is 0 Å². The third-order valence-corrected chi connectivity index (χ3v) is 6.11. The van der Waals surface area contributed by atoms with Gasteiger partial charge < -0.3 is 10.1 Å². The molecule has 0 aromatic heterocycles. The molecule has 1 aliphatic heterocycles. The van der Waals surface area contributed by atoms with Gasteiger partial charge in [0.05, 0.1) is 11.6 Å². The second-order valence-corrected chi connectivity index (χ2v) is 7.31. The molecule has 2 nitrogen and oxygen atoms in total. The molecule has 1 saturated heterocycles. The lowest BCUT2D eigenvalue weighted by Gasteiger charge is -2.28. The molecule has 21 heavy (non-hydrogen) atoms. The van der Waals surface area contributed by atoms with E-state index in [1.807, 2.05) is 7.11 Å². The summed E-state index contributed by atoms with van der Waals surface area (Å²) in [5.74, 6) is 1.90. The summed E-state index contributed by atoms with van der Waals surface area (Å²) < 4.78 is 7.03. The van der Waals surface area contributed by atoms with Crippen molar-refractivity contribution in [3.8, 4) is 5.75 Å². The summed E-state index contributed by atoms with van der Waals surface area (Å²) in [6.07, 6.45) is 8.82. The zero-order valence-electron chi connectivity index (χ0n) is 13.2. The average Bonchev–Trinajstić information content (AvgIpc) is 2.54. The van der Waals surface area contributed by atoms with Crippen molar-refractivity contribution >= 4 is 15.9 Å². The Labute approximate surface area is 136 Å². The Bertz CT molecular complexity index is 521. The molecule has 1 aliphatic carbocycles. The minimum atomic E-state index is 0.799. The van der Waals surface area contributed by atoms with Crippen LogP contribution in [0.4, 0.5) is 0 Å². The molecule has 1 aromatic rings. The van der Waals surface area contributed by atoms with Crippen LogP contribution >= 0.6 is 15.9 Å². The van der Waals surface area contributed by atoms with Crippen molar-refractivity contribution < 1.29 is 4.74 Å². The number of hydrogen-bond acceptors (Lipinski definition) is 2. The first-order valence-electron chi connectivity index (χ1n) is 8.29. The average molecular weight is 352 g/mol. The van der Waals surface area contributed by atoms with Gasteiger partial charge in [-0.3, -0.25) is 0 Å². The van der Waals surface area contributed by atoms with Crippen LogP contribution in [0.1, 0.15) is 47.9 Å². The molecule has 0 unspecified atom stereocenters. The first kappa shape index (κ1) is 15.4. The highest BCUT2D eigenvalue weighted by molar-refractivity contribution is 9.10. The molecule has 1 heterocycles. The molecule has 2 aliphatic rings. The van der Waals surface area contributed by atoms with E-state index in [0.717, 1.165) is 24.8 Å². The second kappa shape index (κ2) is 6.70. The van der Waals surface area contributed by atoms with Crippen LogP contribution < -0.4 is 10.1 Å². The zero-order chi connectivity index (χ0) is 14.8. The fraction of sp³-hybridized carbons (Fsp3) is 0.667. The van der Waals surface area contributed by atoms with Gasteiger partial charge in [0.1, 0.15) is 5.75 Å². The Morgan fingerprint density at radius 1 is 1.14 bits per heavy atom. The van der Waals surface area contributed by atoms with Gasteiger partial charge >= 0.3 is 0 Å². The van der Waals surface area contributed by atoms with Gasteiger partial charge in [-0.25, -0.2) is 0 Å². The predicted molar refractivity (Wildman–Crippen MR) is 91.4 cm³/mol. The molecular formula is C18H26BrNO. The minimum absolute atomic E-state index is 0.799. The highest BCUT2D eigenvalue weighted by Gasteiger charge is 2.25. The van der Waals surface area contributed by atoms with E-state index in [9.17, 15) is 0 Å². The summed E-state index contributed by atoms with van der Waals surface area (Å²) in [6, 6.07) is 0. The van der Waals surface area contributed by atoms with Crippen molar-refractivity contribution in [2.45, 2.75) is 51.9 Å². The number of fused-ring (bicyclic) bond motifs is 1. The summed E-state index contributed by atoms with van der Waals surface area (Å²) in [4.78, 5) is 0. The van der Waals surface area contributed by atoms with Gasteiger partial charge in [0.15, 0.2) is 0 Å². The lowest BCUT2D eigenvalue weighted by molar-refractivity contribution is 0.359. The predicted octanol–water partition coefficient (Wildman–Crippen LogP) is 4.19. The molecule has 1 aromatic carbocycles. The third kappa shape index (κ3) is 3.00. The van der Waals surface area contributed by atoms with Crippen LogP contribution in [-0.2, 0) is 19.3 Å². The standard InChI is InChI=1S/C18H26BrNO/c1-12-14-5-3-4-6-15(14)17(19)18(21-2)16(12)11-13-7-9-20-10-8-13/h13,20H,3-11H2,1-2H3. The molecule has 0 spiro atoms. The first-order valence-corrected chi connectivity index (χ1v) is 9.09. The largest absolute Gasteiger partial charge is 0.495 e. The van der Waals surface area contributed by atoms with Crippen LogP contribution in [-0.4, -0.2) is 20.2 Å². The quantitative estimate of drug-likeness (QED) is 0.881. The SMILES string of the molecule is COc1c(Br)c2c(c(C)c1CC1CCNCC1)CCCC2. The van der Waals surface area contributed by atoms with Crippen molar-refractivity contribution in [2.75, 3.05) is 20.2 Å². The van der Waals surface area contributed by atoms with Gasteiger partial charge in [-0.1, -0.05) is 0 Å². The van der Waals surface area contributed by atoms with Crippen molar-refractivity contribution in [1.82, 2.24) is 5.32 Å². The number of hydrogen-bond donors (Lipinski definition) is 1. The number of rotatable bonds is 3. The smallest absolute Gasteiger partial charge is 0.136 e. The van der Waals surface area contributed by atoms with Crippen LogP contribution in [0.25, 0.3) is 0 Å². The van der Waals surface area contributed by atoms with E-state index in [-0.39, 0.29) is 0 Å². The van der Waals surface area contributed by atoms with Gasteiger partial charge in [0.25, 0.3) is 0 Å². The Hall–Kier alpha value is -0.540. The summed E-state index contributed by atoms with van der Waals surface area (Å²) in [5, 5.41) is 3.46. The van der Waals surface area contributed by atoms with Gasteiger partial charge in [0, 0.05) is 0 Å². The van der Waals surface area contributed by atoms with Crippen LogP contribution in [0.15, 0.2) is 4.47 Å². The molecule has 0 amide bonds. The topological polar surface area (TPSA) is 21.3 Å². The molecule has 0 atom stereocenters. The van der Waals surface area contributed by atoms with Gasteiger partial charge in [-0.2, -0.15) is 0 Å². The maximum absolute atomic E-state index is 5.80. The minimum Gasteiger partial charge on any atom is -0.495 e. The van der Waals surface area contributed by atoms with E-state index in [0.29, 0.717) is 0 Å². The Balaban J connectivity index is 1.99. The van der Waals surface area contributed by atoms with Crippen LogP contribution in [0.3, 0.4) is 0 Å². The van der Waals surface area contributed by atoms with E-state index in [2.05, 4.69) is 28.2 Å². The Kier molecular flexibility index (Phi) is 4.90. The molecular weight excluding hydrogens is 326 g/mol. The van der Waals surface area contributed by atoms with E-state index in [1.165, 1.54) is 66.1 Å². The molecule has 3 rings (SSSR count). The molecule has 0 saturated carbocycles. The monoisotopic (exact) mass is 351 g/mol. The second-order valence-electron chi connectivity index (χ2n) is 6.51. The van der Waals surface area contributed by atoms with Crippen molar-refractivity contribution in [3.05, 3.63) is 26.7 Å². The maximum Gasteiger partial charge on any atom is 0.136 e. The molecule has 0 radical (unpaired) electrons. The van der Waals surface area contributed by atoms with Crippen LogP contribution in [0.2, 0.25) is 0 Å². The molecule has 116 valence electrons. The summed E-state index contributed by atoms with van der Waals surface area (Å²) >= 11 is 3.84. The van der Waals surface area contributed by atoms with Crippen molar-refractivity contribution in [1.29, 1.82) is 0 Å². The highest BCUT2D eigenvalue weighted by atomic mass is 79.9. The zero-order valence-corrected chi connectivity index (χ0v) is 14.8. The molecule has 3 heteroatoms. The number of benzene rings is 1.